The van der Waals surface area contributed by atoms with Crippen LogP contribution in [0.15, 0.2) is 30.3 Å². The topological polar surface area (TPSA) is 48.1 Å². The number of ether oxygens (including phenoxy) is 1. The van der Waals surface area contributed by atoms with Gasteiger partial charge in [0.15, 0.2) is 0 Å². The lowest BCUT2D eigenvalue weighted by Crippen LogP contribution is -2.13. The quantitative estimate of drug-likeness (QED) is 0.882. The van der Waals surface area contributed by atoms with E-state index in [2.05, 4.69) is 4.98 Å². The Bertz CT molecular complexity index is 670. The zero-order chi connectivity index (χ0) is 14.1. The minimum Gasteiger partial charge on any atom is -0.438 e. The molecule has 1 aliphatic carbocycles. The summed E-state index contributed by atoms with van der Waals surface area (Å²) in [5, 5.41) is 0. The molecule has 0 spiro atoms. The molecule has 3 nitrogen and oxygen atoms in total. The molecular formula is C15H13FN2OS. The highest BCUT2D eigenvalue weighted by Crippen LogP contribution is 2.29. The maximum absolute atomic E-state index is 12.9. The van der Waals surface area contributed by atoms with E-state index in [4.69, 9.17) is 22.7 Å². The number of rotatable bonds is 3. The van der Waals surface area contributed by atoms with Crippen molar-refractivity contribution in [2.24, 2.45) is 5.73 Å². The summed E-state index contributed by atoms with van der Waals surface area (Å²) < 4.78 is 18.6. The molecule has 2 aromatic rings. The lowest BCUT2D eigenvalue weighted by atomic mass is 10.1. The molecule has 0 amide bonds. The number of hydrogen-bond acceptors (Lipinski definition) is 3. The van der Waals surface area contributed by atoms with Crippen LogP contribution in [0.2, 0.25) is 0 Å². The molecular weight excluding hydrogens is 275 g/mol. The molecule has 1 heterocycles. The minimum atomic E-state index is -0.311. The summed E-state index contributed by atoms with van der Waals surface area (Å²) in [5.41, 5.74) is 8.58. The fourth-order valence-electron chi connectivity index (χ4n) is 2.32. The molecule has 0 unspecified atom stereocenters. The number of aromatic nitrogens is 1. The fraction of sp³-hybridized carbons (Fsp3) is 0.200. The Morgan fingerprint density at radius 3 is 2.70 bits per heavy atom. The highest BCUT2D eigenvalue weighted by atomic mass is 32.1. The average molecular weight is 288 g/mol. The van der Waals surface area contributed by atoms with Gasteiger partial charge in [-0.2, -0.15) is 0 Å². The molecule has 0 fully saturated rings. The molecule has 102 valence electrons. The standard InChI is InChI=1S/C15H13FN2OS/c16-10-4-6-11(7-5-10)19-15-12(14(17)20)8-9-2-1-3-13(9)18-15/h4-8H,1-3H2,(H2,17,20). The Morgan fingerprint density at radius 1 is 1.25 bits per heavy atom. The first-order valence-electron chi connectivity index (χ1n) is 6.39. The Balaban J connectivity index is 1.99. The molecule has 0 radical (unpaired) electrons. The van der Waals surface area contributed by atoms with Gasteiger partial charge in [-0.05, 0) is 55.2 Å². The second-order valence-electron chi connectivity index (χ2n) is 4.72. The average Bonchev–Trinajstić information content (AvgIpc) is 2.87. The molecule has 0 bridgehead atoms. The molecule has 0 saturated heterocycles. The van der Waals surface area contributed by atoms with Crippen LogP contribution in [0.25, 0.3) is 0 Å². The van der Waals surface area contributed by atoms with Crippen molar-refractivity contribution in [2.45, 2.75) is 19.3 Å². The smallest absolute Gasteiger partial charge is 0.229 e. The van der Waals surface area contributed by atoms with Gasteiger partial charge in [0.05, 0.1) is 5.56 Å². The lowest BCUT2D eigenvalue weighted by Gasteiger charge is -2.11. The summed E-state index contributed by atoms with van der Waals surface area (Å²) in [5.74, 6) is 0.591. The van der Waals surface area contributed by atoms with Crippen LogP contribution in [-0.2, 0) is 12.8 Å². The van der Waals surface area contributed by atoms with E-state index in [1.165, 1.54) is 17.7 Å². The van der Waals surface area contributed by atoms with Crippen molar-refractivity contribution in [3.63, 3.8) is 0 Å². The van der Waals surface area contributed by atoms with Crippen LogP contribution in [0.1, 0.15) is 23.2 Å². The van der Waals surface area contributed by atoms with E-state index < -0.39 is 0 Å². The van der Waals surface area contributed by atoms with E-state index >= 15 is 0 Å². The molecule has 1 aromatic carbocycles. The van der Waals surface area contributed by atoms with Crippen molar-refractivity contribution >= 4 is 17.2 Å². The number of nitrogens with zero attached hydrogens (tertiary/aromatic N) is 1. The zero-order valence-corrected chi connectivity index (χ0v) is 11.5. The number of thiocarbonyl (C=S) groups is 1. The number of nitrogens with two attached hydrogens (primary N) is 1. The second kappa shape index (κ2) is 5.17. The Hall–Kier alpha value is -2.01. The predicted octanol–water partition coefficient (Wildman–Crippen LogP) is 3.14. The van der Waals surface area contributed by atoms with Crippen LogP contribution in [0, 0.1) is 5.82 Å². The monoisotopic (exact) mass is 288 g/mol. The van der Waals surface area contributed by atoms with Crippen LogP contribution in [0.4, 0.5) is 4.39 Å². The molecule has 20 heavy (non-hydrogen) atoms. The van der Waals surface area contributed by atoms with Gasteiger partial charge in [0.1, 0.15) is 16.6 Å². The van der Waals surface area contributed by atoms with Crippen molar-refractivity contribution in [1.82, 2.24) is 4.98 Å². The van der Waals surface area contributed by atoms with Crippen molar-refractivity contribution in [2.75, 3.05) is 0 Å². The van der Waals surface area contributed by atoms with Gasteiger partial charge < -0.3 is 10.5 Å². The van der Waals surface area contributed by atoms with Gasteiger partial charge in [-0.3, -0.25) is 0 Å². The summed E-state index contributed by atoms with van der Waals surface area (Å²) in [4.78, 5) is 4.76. The second-order valence-corrected chi connectivity index (χ2v) is 5.16. The molecule has 1 aliphatic rings. The van der Waals surface area contributed by atoms with E-state index in [0.29, 0.717) is 17.2 Å². The molecule has 1 aromatic heterocycles. The molecule has 0 saturated carbocycles. The van der Waals surface area contributed by atoms with Crippen LogP contribution in [0.5, 0.6) is 11.6 Å². The summed E-state index contributed by atoms with van der Waals surface area (Å²) in [6.45, 7) is 0. The largest absolute Gasteiger partial charge is 0.438 e. The third-order valence-electron chi connectivity index (χ3n) is 3.31. The van der Waals surface area contributed by atoms with E-state index in [0.717, 1.165) is 25.0 Å². The SMILES string of the molecule is NC(=S)c1cc2c(nc1Oc1ccc(F)cc1)CCC2. The fourth-order valence-corrected chi connectivity index (χ4v) is 2.47. The van der Waals surface area contributed by atoms with E-state index in [9.17, 15) is 4.39 Å². The van der Waals surface area contributed by atoms with E-state index in [-0.39, 0.29) is 10.8 Å². The van der Waals surface area contributed by atoms with Gasteiger partial charge in [0.25, 0.3) is 0 Å². The number of aryl methyl sites for hydroxylation is 2. The van der Waals surface area contributed by atoms with Gasteiger partial charge in [0.2, 0.25) is 5.88 Å². The number of hydrogen-bond donors (Lipinski definition) is 1. The maximum Gasteiger partial charge on any atom is 0.229 e. The van der Waals surface area contributed by atoms with Crippen molar-refractivity contribution in [3.05, 3.63) is 53.0 Å². The third kappa shape index (κ3) is 2.49. The number of halogens is 1. The summed E-state index contributed by atoms with van der Waals surface area (Å²) in [6.07, 6.45) is 3.01. The van der Waals surface area contributed by atoms with Gasteiger partial charge in [-0.15, -0.1) is 0 Å². The lowest BCUT2D eigenvalue weighted by molar-refractivity contribution is 0.458. The first-order chi connectivity index (χ1) is 9.63. The normalized spacial score (nSPS) is 13.1. The maximum atomic E-state index is 12.9. The molecule has 0 aliphatic heterocycles. The molecule has 3 rings (SSSR count). The Labute approximate surface area is 121 Å². The van der Waals surface area contributed by atoms with Crippen LogP contribution >= 0.6 is 12.2 Å². The minimum absolute atomic E-state index is 0.254. The van der Waals surface area contributed by atoms with Crippen LogP contribution in [-0.4, -0.2) is 9.97 Å². The number of benzene rings is 1. The Kier molecular flexibility index (Phi) is 3.36. The first kappa shape index (κ1) is 13.0. The van der Waals surface area contributed by atoms with Crippen molar-refractivity contribution in [1.29, 1.82) is 0 Å². The van der Waals surface area contributed by atoms with Crippen LogP contribution < -0.4 is 10.5 Å². The number of fused-ring (bicyclic) bond motifs is 1. The van der Waals surface area contributed by atoms with Crippen molar-refractivity contribution in [3.8, 4) is 11.6 Å². The van der Waals surface area contributed by atoms with E-state index in [1.54, 1.807) is 12.1 Å². The summed E-state index contributed by atoms with van der Waals surface area (Å²) in [7, 11) is 0. The van der Waals surface area contributed by atoms with Gasteiger partial charge in [0, 0.05) is 5.69 Å². The van der Waals surface area contributed by atoms with Crippen molar-refractivity contribution < 1.29 is 9.13 Å². The third-order valence-corrected chi connectivity index (χ3v) is 3.53. The zero-order valence-electron chi connectivity index (χ0n) is 10.7. The van der Waals surface area contributed by atoms with Gasteiger partial charge >= 0.3 is 0 Å². The highest BCUT2D eigenvalue weighted by Gasteiger charge is 2.19. The molecule has 5 heteroatoms. The van der Waals surface area contributed by atoms with Crippen LogP contribution in [0.3, 0.4) is 0 Å². The highest BCUT2D eigenvalue weighted by molar-refractivity contribution is 7.80. The summed E-state index contributed by atoms with van der Waals surface area (Å²) >= 11 is 5.06. The number of pyridine rings is 1. The predicted molar refractivity (Wildman–Crippen MR) is 78.6 cm³/mol. The first-order valence-corrected chi connectivity index (χ1v) is 6.80. The van der Waals surface area contributed by atoms with Gasteiger partial charge in [-0.25, -0.2) is 9.37 Å². The molecule has 2 N–H and O–H groups in total. The molecule has 0 atom stereocenters. The van der Waals surface area contributed by atoms with E-state index in [1.807, 2.05) is 6.07 Å². The summed E-state index contributed by atoms with van der Waals surface area (Å²) in [6, 6.07) is 7.73. The van der Waals surface area contributed by atoms with Gasteiger partial charge in [-0.1, -0.05) is 12.2 Å². The Morgan fingerprint density at radius 2 is 2.00 bits per heavy atom.